The van der Waals surface area contributed by atoms with Crippen LogP contribution in [0.3, 0.4) is 0 Å². The predicted molar refractivity (Wildman–Crippen MR) is 70.7 cm³/mol. The number of nitrogen functional groups attached to an aromatic ring is 1. The van der Waals surface area contributed by atoms with Crippen molar-refractivity contribution in [3.8, 4) is 0 Å². The molecule has 3 N–H and O–H groups in total. The predicted octanol–water partition coefficient (Wildman–Crippen LogP) is 2.82. The summed E-state index contributed by atoms with van der Waals surface area (Å²) in [5, 5.41) is 2.46. The molecular weight excluding hydrogens is 301 g/mol. The van der Waals surface area contributed by atoms with Gasteiger partial charge in [-0.25, -0.2) is 9.37 Å². The van der Waals surface area contributed by atoms with Crippen LogP contribution in [0, 0.1) is 5.82 Å². The molecule has 0 bridgehead atoms. The molecule has 6 heteroatoms. The Labute approximate surface area is 111 Å². The van der Waals surface area contributed by atoms with Gasteiger partial charge in [-0.15, -0.1) is 0 Å². The Morgan fingerprint density at radius 2 is 2.11 bits per heavy atom. The number of amides is 1. The number of hydrogen-bond donors (Lipinski definition) is 2. The van der Waals surface area contributed by atoms with Crippen LogP contribution in [0.25, 0.3) is 0 Å². The highest BCUT2D eigenvalue weighted by Gasteiger charge is 2.16. The van der Waals surface area contributed by atoms with Gasteiger partial charge < -0.3 is 11.1 Å². The minimum atomic E-state index is -0.614. The minimum Gasteiger partial charge on any atom is -0.396 e. The van der Waals surface area contributed by atoms with Crippen molar-refractivity contribution in [2.24, 2.45) is 0 Å². The highest BCUT2D eigenvalue weighted by atomic mass is 79.9. The summed E-state index contributed by atoms with van der Waals surface area (Å²) in [6, 6.07) is 7.54. The summed E-state index contributed by atoms with van der Waals surface area (Å²) in [5.74, 6) is -1.01. The lowest BCUT2D eigenvalue weighted by atomic mass is 10.2. The average Bonchev–Trinajstić information content (AvgIpc) is 2.32. The van der Waals surface area contributed by atoms with E-state index in [4.69, 9.17) is 5.73 Å². The first kappa shape index (κ1) is 12.5. The number of benzene rings is 1. The van der Waals surface area contributed by atoms with Crippen LogP contribution in [-0.2, 0) is 0 Å². The van der Waals surface area contributed by atoms with Gasteiger partial charge in [-0.2, -0.15) is 0 Å². The molecule has 0 aliphatic rings. The average molecular weight is 310 g/mol. The van der Waals surface area contributed by atoms with Gasteiger partial charge in [0.15, 0.2) is 5.82 Å². The summed E-state index contributed by atoms with van der Waals surface area (Å²) in [7, 11) is 0. The second-order valence-electron chi connectivity index (χ2n) is 3.49. The van der Waals surface area contributed by atoms with E-state index in [0.717, 1.165) is 0 Å². The van der Waals surface area contributed by atoms with Gasteiger partial charge in [-0.3, -0.25) is 4.79 Å². The number of nitrogens with zero attached hydrogens (tertiary/aromatic N) is 1. The first-order chi connectivity index (χ1) is 8.59. The monoisotopic (exact) mass is 309 g/mol. The molecule has 18 heavy (non-hydrogen) atoms. The first-order valence-corrected chi connectivity index (χ1v) is 5.84. The van der Waals surface area contributed by atoms with Crippen LogP contribution in [-0.4, -0.2) is 10.9 Å². The van der Waals surface area contributed by atoms with Crippen LogP contribution in [0.2, 0.25) is 0 Å². The molecule has 0 saturated heterocycles. The second-order valence-corrected chi connectivity index (χ2v) is 4.35. The number of rotatable bonds is 2. The molecule has 1 heterocycles. The number of carbonyl (C=O) groups excluding carboxylic acids is 1. The van der Waals surface area contributed by atoms with Crippen molar-refractivity contribution in [1.29, 1.82) is 0 Å². The Morgan fingerprint density at radius 1 is 1.33 bits per heavy atom. The van der Waals surface area contributed by atoms with Crippen LogP contribution in [0.5, 0.6) is 0 Å². The van der Waals surface area contributed by atoms with Gasteiger partial charge in [0.25, 0.3) is 5.91 Å². The molecule has 0 spiro atoms. The Kier molecular flexibility index (Phi) is 3.57. The largest absolute Gasteiger partial charge is 0.396 e. The van der Waals surface area contributed by atoms with Crippen molar-refractivity contribution in [3.63, 3.8) is 0 Å². The Hall–Kier alpha value is -1.95. The number of carbonyl (C=O) groups is 1. The van der Waals surface area contributed by atoms with Crippen molar-refractivity contribution in [2.75, 3.05) is 11.1 Å². The molecule has 0 saturated carbocycles. The number of nitrogens with two attached hydrogens (primary N) is 1. The van der Waals surface area contributed by atoms with E-state index in [1.807, 2.05) is 0 Å². The first-order valence-electron chi connectivity index (χ1n) is 5.05. The van der Waals surface area contributed by atoms with E-state index < -0.39 is 11.7 Å². The Balaban J connectivity index is 2.31. The molecule has 0 fully saturated rings. The standard InChI is InChI=1S/C12H9BrFN3O/c13-7-3-1-4-8(14)10(7)12(18)17-11-9(15)5-2-6-16-11/h1-6H,15H2,(H,16,17,18). The maximum Gasteiger partial charge on any atom is 0.261 e. The number of anilines is 2. The molecule has 1 aromatic heterocycles. The fourth-order valence-electron chi connectivity index (χ4n) is 1.41. The van der Waals surface area contributed by atoms with E-state index >= 15 is 0 Å². The van der Waals surface area contributed by atoms with Gasteiger partial charge in [-0.1, -0.05) is 6.07 Å². The second kappa shape index (κ2) is 5.14. The lowest BCUT2D eigenvalue weighted by molar-refractivity contribution is 0.102. The minimum absolute atomic E-state index is 0.0810. The van der Waals surface area contributed by atoms with Crippen molar-refractivity contribution in [3.05, 3.63) is 52.4 Å². The number of nitrogens with one attached hydrogen (secondary N) is 1. The van der Waals surface area contributed by atoms with Gasteiger partial charge in [0.2, 0.25) is 0 Å². The summed E-state index contributed by atoms with van der Waals surface area (Å²) in [4.78, 5) is 15.8. The van der Waals surface area contributed by atoms with E-state index in [-0.39, 0.29) is 11.4 Å². The van der Waals surface area contributed by atoms with E-state index in [2.05, 4.69) is 26.2 Å². The zero-order valence-corrected chi connectivity index (χ0v) is 10.7. The van der Waals surface area contributed by atoms with Gasteiger partial charge in [0, 0.05) is 10.7 Å². The van der Waals surface area contributed by atoms with Crippen molar-refractivity contribution < 1.29 is 9.18 Å². The quantitative estimate of drug-likeness (QED) is 0.896. The van der Waals surface area contributed by atoms with Crippen molar-refractivity contribution in [2.45, 2.75) is 0 Å². The molecule has 4 nitrogen and oxygen atoms in total. The van der Waals surface area contributed by atoms with Crippen LogP contribution in [0.1, 0.15) is 10.4 Å². The lowest BCUT2D eigenvalue weighted by Crippen LogP contribution is -2.16. The van der Waals surface area contributed by atoms with Gasteiger partial charge in [0.05, 0.1) is 11.3 Å². The maximum atomic E-state index is 13.6. The molecule has 2 aromatic rings. The van der Waals surface area contributed by atoms with Crippen LogP contribution in [0.4, 0.5) is 15.9 Å². The SMILES string of the molecule is Nc1cccnc1NC(=O)c1c(F)cccc1Br. The smallest absolute Gasteiger partial charge is 0.261 e. The van der Waals surface area contributed by atoms with Gasteiger partial charge >= 0.3 is 0 Å². The molecule has 0 aliphatic heterocycles. The maximum absolute atomic E-state index is 13.6. The third-order valence-electron chi connectivity index (χ3n) is 2.26. The zero-order valence-electron chi connectivity index (χ0n) is 9.15. The van der Waals surface area contributed by atoms with Crippen molar-refractivity contribution in [1.82, 2.24) is 4.98 Å². The summed E-state index contributed by atoms with van der Waals surface area (Å²) in [6.07, 6.45) is 1.49. The summed E-state index contributed by atoms with van der Waals surface area (Å²) in [6.45, 7) is 0. The Morgan fingerprint density at radius 3 is 2.78 bits per heavy atom. The molecule has 0 radical (unpaired) electrons. The van der Waals surface area contributed by atoms with E-state index in [1.54, 1.807) is 18.2 Å². The number of hydrogen-bond acceptors (Lipinski definition) is 3. The van der Waals surface area contributed by atoms with Crippen LogP contribution >= 0.6 is 15.9 Å². The highest BCUT2D eigenvalue weighted by Crippen LogP contribution is 2.22. The normalized spacial score (nSPS) is 10.1. The third-order valence-corrected chi connectivity index (χ3v) is 2.92. The van der Waals surface area contributed by atoms with Crippen molar-refractivity contribution >= 4 is 33.3 Å². The third kappa shape index (κ3) is 2.48. The fraction of sp³-hybridized carbons (Fsp3) is 0. The molecule has 92 valence electrons. The molecule has 0 aliphatic carbocycles. The van der Waals surface area contributed by atoms with Crippen LogP contribution in [0.15, 0.2) is 41.0 Å². The molecule has 1 aromatic carbocycles. The molecule has 1 amide bonds. The van der Waals surface area contributed by atoms with E-state index in [9.17, 15) is 9.18 Å². The summed E-state index contributed by atoms with van der Waals surface area (Å²) in [5.41, 5.74) is 5.88. The number of aromatic nitrogens is 1. The summed E-state index contributed by atoms with van der Waals surface area (Å²) < 4.78 is 13.9. The topological polar surface area (TPSA) is 68.0 Å². The van der Waals surface area contributed by atoms with E-state index in [1.165, 1.54) is 18.3 Å². The highest BCUT2D eigenvalue weighted by molar-refractivity contribution is 9.10. The van der Waals surface area contributed by atoms with Gasteiger partial charge in [-0.05, 0) is 40.2 Å². The zero-order chi connectivity index (χ0) is 13.1. The number of halogens is 2. The summed E-state index contributed by atoms with van der Waals surface area (Å²) >= 11 is 3.13. The molecular formula is C12H9BrFN3O. The number of pyridine rings is 1. The van der Waals surface area contributed by atoms with Crippen LogP contribution < -0.4 is 11.1 Å². The van der Waals surface area contributed by atoms with Gasteiger partial charge in [0.1, 0.15) is 5.82 Å². The molecule has 0 unspecified atom stereocenters. The fourth-order valence-corrected chi connectivity index (χ4v) is 1.93. The Bertz CT molecular complexity index is 583. The van der Waals surface area contributed by atoms with E-state index in [0.29, 0.717) is 10.2 Å². The molecule has 0 atom stereocenters. The lowest BCUT2D eigenvalue weighted by Gasteiger charge is -2.08. The molecule has 2 rings (SSSR count).